The number of carbonyl (C=O) groups excluding carboxylic acids is 2. The number of Topliss-reactive ketones (excluding diaryl/α,β-unsaturated/α-hetero) is 1. The molecule has 3 rings (SSSR count). The normalized spacial score (nSPS) is 18.9. The Bertz CT molecular complexity index is 932. The number of fused-ring (bicyclic) bond motifs is 1. The van der Waals surface area contributed by atoms with Crippen molar-refractivity contribution in [2.24, 2.45) is 0 Å². The van der Waals surface area contributed by atoms with Gasteiger partial charge in [-0.3, -0.25) is 4.79 Å². The maximum Gasteiger partial charge on any atom is 0.456 e. The summed E-state index contributed by atoms with van der Waals surface area (Å²) in [5.74, 6) is -3.15. The fourth-order valence-electron chi connectivity index (χ4n) is 3.59. The van der Waals surface area contributed by atoms with E-state index in [0.29, 0.717) is 29.9 Å². The van der Waals surface area contributed by atoms with Gasteiger partial charge in [0.25, 0.3) is 5.78 Å². The summed E-state index contributed by atoms with van der Waals surface area (Å²) in [4.78, 5) is 26.4. The third kappa shape index (κ3) is 4.06. The summed E-state index contributed by atoms with van der Waals surface area (Å²) in [6.07, 6.45) is -3.28. The molecular formula is C21H21F3N2O3. The third-order valence-electron chi connectivity index (χ3n) is 5.00. The van der Waals surface area contributed by atoms with Gasteiger partial charge in [0.2, 0.25) is 0 Å². The van der Waals surface area contributed by atoms with Gasteiger partial charge in [-0.25, -0.2) is 4.79 Å². The second kappa shape index (κ2) is 8.14. The molecule has 8 heteroatoms. The molecule has 0 saturated carbocycles. The number of halogens is 3. The number of carbonyl (C=O) groups is 2. The summed E-state index contributed by atoms with van der Waals surface area (Å²) in [7, 11) is 1.26. The lowest BCUT2D eigenvalue weighted by atomic mass is 9.88. The molecule has 0 spiro atoms. The Morgan fingerprint density at radius 1 is 1.10 bits per heavy atom. The number of nitrogens with zero attached hydrogens (tertiary/aromatic N) is 2. The molecule has 0 N–H and O–H groups in total. The molecule has 0 saturated heterocycles. The number of ketones is 1. The zero-order chi connectivity index (χ0) is 21.2. The number of benzene rings is 1. The number of esters is 1. The van der Waals surface area contributed by atoms with Crippen molar-refractivity contribution in [3.63, 3.8) is 0 Å². The molecule has 0 fully saturated rings. The first-order valence-corrected chi connectivity index (χ1v) is 9.17. The first kappa shape index (κ1) is 20.7. The molecule has 1 aliphatic rings. The van der Waals surface area contributed by atoms with Crippen LogP contribution in [0.4, 0.5) is 13.2 Å². The Morgan fingerprint density at radius 2 is 1.79 bits per heavy atom. The summed E-state index contributed by atoms with van der Waals surface area (Å²) in [5, 5.41) is 0. The maximum absolute atomic E-state index is 13.1. The molecule has 2 aromatic rings. The average molecular weight is 406 g/mol. The number of ether oxygens (including phenoxy) is 1. The Labute approximate surface area is 166 Å². The molecular weight excluding hydrogens is 385 g/mol. The van der Waals surface area contributed by atoms with Crippen LogP contribution in [-0.4, -0.2) is 47.6 Å². The summed E-state index contributed by atoms with van der Waals surface area (Å²) < 4.78 is 45.7. The quantitative estimate of drug-likeness (QED) is 0.573. The summed E-state index contributed by atoms with van der Waals surface area (Å²) in [6, 6.07) is 11.6. The van der Waals surface area contributed by atoms with Crippen molar-refractivity contribution < 1.29 is 27.5 Å². The van der Waals surface area contributed by atoms with Gasteiger partial charge in [-0.05, 0) is 24.6 Å². The lowest BCUT2D eigenvalue weighted by Crippen LogP contribution is -2.32. The van der Waals surface area contributed by atoms with Gasteiger partial charge in [0.1, 0.15) is 0 Å². The van der Waals surface area contributed by atoms with E-state index >= 15 is 0 Å². The minimum Gasteiger partial charge on any atom is -0.466 e. The summed E-state index contributed by atoms with van der Waals surface area (Å²) in [6.45, 7) is 2.95. The van der Waals surface area contributed by atoms with Gasteiger partial charge < -0.3 is 14.2 Å². The molecule has 0 aliphatic carbocycles. The Kier molecular flexibility index (Phi) is 5.81. The first-order valence-electron chi connectivity index (χ1n) is 9.17. The van der Waals surface area contributed by atoms with Crippen molar-refractivity contribution in [1.29, 1.82) is 0 Å². The maximum atomic E-state index is 13.1. The van der Waals surface area contributed by atoms with E-state index < -0.39 is 29.5 Å². The zero-order valence-electron chi connectivity index (χ0n) is 16.1. The van der Waals surface area contributed by atoms with Gasteiger partial charge in [0, 0.05) is 31.5 Å². The molecule has 5 nitrogen and oxygen atoms in total. The fraction of sp³-hybridized carbons (Fsp3) is 0.333. The number of alkyl halides is 3. The lowest BCUT2D eigenvalue weighted by molar-refractivity contribution is -0.136. The molecule has 29 heavy (non-hydrogen) atoms. The lowest BCUT2D eigenvalue weighted by Gasteiger charge is -2.30. The van der Waals surface area contributed by atoms with Gasteiger partial charge in [0.15, 0.2) is 0 Å². The number of methoxy groups -OCH3 is 1. The van der Waals surface area contributed by atoms with Crippen molar-refractivity contribution in [2.45, 2.75) is 25.6 Å². The van der Waals surface area contributed by atoms with Crippen LogP contribution < -0.4 is 0 Å². The fourth-order valence-corrected chi connectivity index (χ4v) is 3.59. The van der Waals surface area contributed by atoms with Crippen LogP contribution in [0.25, 0.3) is 0 Å². The predicted octanol–water partition coefficient (Wildman–Crippen LogP) is 3.76. The standard InChI is InChI=1S/C21H21F3N2O3/c1-3-25-11-12-26-16(9-10-17(26)19(27)21(22,23)24)18(14-7-5-4-6-8-14)15(13-25)20(28)29-2/h4-10,13,18H,3,11-12H2,1-2H3/b15-13+. The molecule has 154 valence electrons. The molecule has 0 bridgehead atoms. The van der Waals surface area contributed by atoms with Crippen LogP contribution in [0.1, 0.15) is 34.6 Å². The highest BCUT2D eigenvalue weighted by atomic mass is 19.4. The Morgan fingerprint density at radius 3 is 2.38 bits per heavy atom. The van der Waals surface area contributed by atoms with Crippen molar-refractivity contribution >= 4 is 11.8 Å². The van der Waals surface area contributed by atoms with Crippen LogP contribution in [0, 0.1) is 0 Å². The largest absolute Gasteiger partial charge is 0.466 e. The molecule has 1 aromatic heterocycles. The van der Waals surface area contributed by atoms with E-state index in [1.807, 2.05) is 17.9 Å². The number of hydrogen-bond donors (Lipinski definition) is 0. The van der Waals surface area contributed by atoms with Crippen molar-refractivity contribution in [1.82, 2.24) is 9.47 Å². The molecule has 0 radical (unpaired) electrons. The molecule has 1 aromatic carbocycles. The molecule has 1 unspecified atom stereocenters. The van der Waals surface area contributed by atoms with Gasteiger partial charge in [0.05, 0.1) is 24.3 Å². The van der Waals surface area contributed by atoms with Gasteiger partial charge in [-0.2, -0.15) is 13.2 Å². The molecule has 1 aliphatic heterocycles. The van der Waals surface area contributed by atoms with Crippen LogP contribution in [0.2, 0.25) is 0 Å². The summed E-state index contributed by atoms with van der Waals surface area (Å²) >= 11 is 0. The molecule has 2 heterocycles. The minimum atomic E-state index is -4.98. The van der Waals surface area contributed by atoms with E-state index in [1.54, 1.807) is 30.5 Å². The average Bonchev–Trinajstić information content (AvgIpc) is 3.09. The van der Waals surface area contributed by atoms with E-state index in [1.165, 1.54) is 23.8 Å². The van der Waals surface area contributed by atoms with Crippen LogP contribution in [0.5, 0.6) is 0 Å². The van der Waals surface area contributed by atoms with Gasteiger partial charge in [-0.15, -0.1) is 0 Å². The van der Waals surface area contributed by atoms with Gasteiger partial charge in [-0.1, -0.05) is 30.3 Å². The van der Waals surface area contributed by atoms with E-state index in [4.69, 9.17) is 4.74 Å². The highest BCUT2D eigenvalue weighted by Gasteiger charge is 2.42. The van der Waals surface area contributed by atoms with Crippen LogP contribution in [-0.2, 0) is 16.1 Å². The minimum absolute atomic E-state index is 0.182. The van der Waals surface area contributed by atoms with Gasteiger partial charge >= 0.3 is 12.1 Å². The zero-order valence-corrected chi connectivity index (χ0v) is 16.1. The number of aromatic nitrogens is 1. The van der Waals surface area contributed by atoms with Crippen molar-refractivity contribution in [2.75, 3.05) is 20.2 Å². The van der Waals surface area contributed by atoms with Crippen LogP contribution in [0.3, 0.4) is 0 Å². The number of rotatable bonds is 4. The number of likely N-dealkylation sites (N-methyl/N-ethyl adjacent to an activating group) is 1. The van der Waals surface area contributed by atoms with E-state index in [2.05, 4.69) is 0 Å². The second-order valence-electron chi connectivity index (χ2n) is 6.67. The number of hydrogen-bond acceptors (Lipinski definition) is 4. The van der Waals surface area contributed by atoms with Crippen LogP contribution in [0.15, 0.2) is 54.2 Å². The van der Waals surface area contributed by atoms with Crippen LogP contribution >= 0.6 is 0 Å². The second-order valence-corrected chi connectivity index (χ2v) is 6.67. The smallest absolute Gasteiger partial charge is 0.456 e. The van der Waals surface area contributed by atoms with E-state index in [-0.39, 0.29) is 6.54 Å². The highest BCUT2D eigenvalue weighted by molar-refractivity contribution is 5.99. The first-order chi connectivity index (χ1) is 13.8. The topological polar surface area (TPSA) is 51.5 Å². The Balaban J connectivity index is 2.25. The summed E-state index contributed by atoms with van der Waals surface area (Å²) in [5.41, 5.74) is 1.02. The molecule has 1 atom stereocenters. The van der Waals surface area contributed by atoms with E-state index in [9.17, 15) is 22.8 Å². The van der Waals surface area contributed by atoms with Crippen molar-refractivity contribution in [3.05, 3.63) is 71.2 Å². The third-order valence-corrected chi connectivity index (χ3v) is 5.00. The Hall–Kier alpha value is -3.03. The van der Waals surface area contributed by atoms with E-state index in [0.717, 1.165) is 0 Å². The molecule has 0 amide bonds. The van der Waals surface area contributed by atoms with Crippen molar-refractivity contribution in [3.8, 4) is 0 Å². The monoisotopic (exact) mass is 406 g/mol. The predicted molar refractivity (Wildman–Crippen MR) is 100 cm³/mol. The highest BCUT2D eigenvalue weighted by Crippen LogP contribution is 2.36. The SMILES string of the molecule is CCN1/C=C(/C(=O)OC)C(c2ccccc2)c2ccc(C(=O)C(F)(F)F)n2CC1.